The summed E-state index contributed by atoms with van der Waals surface area (Å²) in [5, 5.41) is 11.9. The monoisotopic (exact) mass is 275 g/mol. The van der Waals surface area contributed by atoms with Gasteiger partial charge in [-0.05, 0) is 31.5 Å². The van der Waals surface area contributed by atoms with E-state index in [-0.39, 0.29) is 0 Å². The summed E-state index contributed by atoms with van der Waals surface area (Å²) in [6.45, 7) is 8.12. The third kappa shape index (κ3) is 3.28. The molecule has 0 aromatic carbocycles. The van der Waals surface area contributed by atoms with Crippen molar-refractivity contribution in [2.75, 3.05) is 6.54 Å². The highest BCUT2D eigenvalue weighted by Crippen LogP contribution is 2.19. The lowest BCUT2D eigenvalue weighted by Gasteiger charge is -2.15. The van der Waals surface area contributed by atoms with Crippen molar-refractivity contribution < 1.29 is 0 Å². The van der Waals surface area contributed by atoms with Crippen LogP contribution in [0.15, 0.2) is 18.5 Å². The molecule has 0 aliphatic carbocycles. The van der Waals surface area contributed by atoms with E-state index in [0.29, 0.717) is 6.04 Å². The zero-order chi connectivity index (χ0) is 14.5. The molecule has 0 fully saturated rings. The highest BCUT2D eigenvalue weighted by Gasteiger charge is 2.11. The van der Waals surface area contributed by atoms with Gasteiger partial charge in [0.2, 0.25) is 0 Å². The normalized spacial score (nSPS) is 12.8. The summed E-state index contributed by atoms with van der Waals surface area (Å²) in [6.07, 6.45) is 6.69. The molecule has 0 aliphatic rings. The Morgan fingerprint density at radius 1 is 1.30 bits per heavy atom. The minimum absolute atomic E-state index is 0.451. The SMILES string of the molecule is CCCC(NCC)c1ccn(Cc2nnc(C)n2C)c1. The Balaban J connectivity index is 2.09. The van der Waals surface area contributed by atoms with Crippen LogP contribution in [0.1, 0.15) is 49.9 Å². The zero-order valence-corrected chi connectivity index (χ0v) is 12.9. The molecule has 1 unspecified atom stereocenters. The number of rotatable bonds is 7. The third-order valence-electron chi connectivity index (χ3n) is 3.71. The van der Waals surface area contributed by atoms with E-state index < -0.39 is 0 Å². The molecule has 0 spiro atoms. The summed E-state index contributed by atoms with van der Waals surface area (Å²) in [5.41, 5.74) is 1.35. The molecule has 5 heteroatoms. The van der Waals surface area contributed by atoms with Crippen molar-refractivity contribution in [1.82, 2.24) is 24.6 Å². The molecule has 110 valence electrons. The molecule has 1 atom stereocenters. The van der Waals surface area contributed by atoms with Gasteiger partial charge in [0.25, 0.3) is 0 Å². The predicted octanol–water partition coefficient (Wildman–Crippen LogP) is 2.42. The van der Waals surface area contributed by atoms with Gasteiger partial charge in [-0.2, -0.15) is 0 Å². The minimum atomic E-state index is 0.451. The Labute approximate surface area is 121 Å². The molecule has 0 saturated carbocycles. The first-order chi connectivity index (χ1) is 9.65. The molecule has 0 amide bonds. The van der Waals surface area contributed by atoms with Crippen LogP contribution in [0.4, 0.5) is 0 Å². The van der Waals surface area contributed by atoms with Gasteiger partial charge in [-0.15, -0.1) is 10.2 Å². The second kappa shape index (κ2) is 6.70. The number of nitrogens with one attached hydrogen (secondary N) is 1. The van der Waals surface area contributed by atoms with E-state index in [9.17, 15) is 0 Å². The highest BCUT2D eigenvalue weighted by atomic mass is 15.3. The molecule has 0 radical (unpaired) electrons. The van der Waals surface area contributed by atoms with Crippen molar-refractivity contribution in [1.29, 1.82) is 0 Å². The van der Waals surface area contributed by atoms with E-state index in [1.807, 2.05) is 18.5 Å². The molecular formula is C15H25N5. The molecule has 0 saturated heterocycles. The first-order valence-electron chi connectivity index (χ1n) is 7.39. The standard InChI is InChI=1S/C15H25N5/c1-5-7-14(16-6-2)13-8-9-20(10-13)11-15-18-17-12(3)19(15)4/h8-10,14,16H,5-7,11H2,1-4H3. The van der Waals surface area contributed by atoms with Crippen molar-refractivity contribution >= 4 is 0 Å². The zero-order valence-electron chi connectivity index (χ0n) is 12.9. The molecule has 2 aromatic rings. The maximum atomic E-state index is 4.21. The number of hydrogen-bond donors (Lipinski definition) is 1. The second-order valence-electron chi connectivity index (χ2n) is 5.24. The Morgan fingerprint density at radius 2 is 2.10 bits per heavy atom. The summed E-state index contributed by atoms with van der Waals surface area (Å²) < 4.78 is 4.21. The fourth-order valence-corrected chi connectivity index (χ4v) is 2.44. The third-order valence-corrected chi connectivity index (χ3v) is 3.71. The molecule has 0 aliphatic heterocycles. The number of nitrogens with zero attached hydrogens (tertiary/aromatic N) is 4. The Kier molecular flexibility index (Phi) is 4.95. The quantitative estimate of drug-likeness (QED) is 0.844. The van der Waals surface area contributed by atoms with Crippen LogP contribution in [0, 0.1) is 6.92 Å². The first-order valence-corrected chi connectivity index (χ1v) is 7.39. The summed E-state index contributed by atoms with van der Waals surface area (Å²) in [4.78, 5) is 0. The van der Waals surface area contributed by atoms with Crippen LogP contribution in [0.5, 0.6) is 0 Å². The van der Waals surface area contributed by atoms with E-state index in [1.54, 1.807) is 0 Å². The number of aromatic nitrogens is 4. The Morgan fingerprint density at radius 3 is 2.70 bits per heavy atom. The lowest BCUT2D eigenvalue weighted by atomic mass is 10.1. The van der Waals surface area contributed by atoms with Gasteiger partial charge < -0.3 is 14.5 Å². The van der Waals surface area contributed by atoms with Gasteiger partial charge in [-0.3, -0.25) is 0 Å². The van der Waals surface area contributed by atoms with E-state index in [2.05, 4.69) is 52.4 Å². The lowest BCUT2D eigenvalue weighted by Crippen LogP contribution is -2.20. The van der Waals surface area contributed by atoms with Crippen LogP contribution >= 0.6 is 0 Å². The smallest absolute Gasteiger partial charge is 0.152 e. The van der Waals surface area contributed by atoms with Gasteiger partial charge in [0.05, 0.1) is 6.54 Å². The molecule has 1 N–H and O–H groups in total. The lowest BCUT2D eigenvalue weighted by molar-refractivity contribution is 0.508. The average molecular weight is 275 g/mol. The molecule has 2 aromatic heterocycles. The van der Waals surface area contributed by atoms with Crippen molar-refractivity contribution in [2.45, 2.75) is 46.2 Å². The van der Waals surface area contributed by atoms with Crippen molar-refractivity contribution in [3.05, 3.63) is 35.7 Å². The van der Waals surface area contributed by atoms with E-state index in [1.165, 1.54) is 18.4 Å². The molecule has 20 heavy (non-hydrogen) atoms. The molecular weight excluding hydrogens is 250 g/mol. The van der Waals surface area contributed by atoms with Gasteiger partial charge in [-0.1, -0.05) is 20.3 Å². The average Bonchev–Trinajstić information content (AvgIpc) is 3.01. The largest absolute Gasteiger partial charge is 0.346 e. The van der Waals surface area contributed by atoms with Crippen LogP contribution in [0.25, 0.3) is 0 Å². The van der Waals surface area contributed by atoms with E-state index in [4.69, 9.17) is 0 Å². The highest BCUT2D eigenvalue weighted by molar-refractivity contribution is 5.16. The maximum Gasteiger partial charge on any atom is 0.152 e. The second-order valence-corrected chi connectivity index (χ2v) is 5.24. The summed E-state index contributed by atoms with van der Waals surface area (Å²) in [7, 11) is 2.01. The minimum Gasteiger partial charge on any atom is -0.346 e. The predicted molar refractivity (Wildman–Crippen MR) is 80.6 cm³/mol. The van der Waals surface area contributed by atoms with Crippen LogP contribution in [0.2, 0.25) is 0 Å². The van der Waals surface area contributed by atoms with Crippen molar-refractivity contribution in [3.63, 3.8) is 0 Å². The first kappa shape index (κ1) is 14.8. The Bertz CT molecular complexity index is 534. The maximum absolute atomic E-state index is 4.21. The fourth-order valence-electron chi connectivity index (χ4n) is 2.44. The van der Waals surface area contributed by atoms with Gasteiger partial charge in [-0.25, -0.2) is 0 Å². The van der Waals surface area contributed by atoms with Crippen molar-refractivity contribution in [2.24, 2.45) is 7.05 Å². The van der Waals surface area contributed by atoms with Crippen LogP contribution in [0.3, 0.4) is 0 Å². The van der Waals surface area contributed by atoms with Crippen LogP contribution in [-0.2, 0) is 13.6 Å². The fraction of sp³-hybridized carbons (Fsp3) is 0.600. The number of aryl methyl sites for hydroxylation is 1. The van der Waals surface area contributed by atoms with Gasteiger partial charge in [0, 0.05) is 25.5 Å². The molecule has 2 rings (SSSR count). The molecule has 0 bridgehead atoms. The summed E-state index contributed by atoms with van der Waals surface area (Å²) >= 11 is 0. The van der Waals surface area contributed by atoms with Crippen LogP contribution in [-0.4, -0.2) is 25.9 Å². The van der Waals surface area contributed by atoms with Gasteiger partial charge in [0.15, 0.2) is 5.82 Å². The van der Waals surface area contributed by atoms with Crippen molar-refractivity contribution in [3.8, 4) is 0 Å². The summed E-state index contributed by atoms with van der Waals surface area (Å²) in [6, 6.07) is 2.65. The van der Waals surface area contributed by atoms with E-state index >= 15 is 0 Å². The topological polar surface area (TPSA) is 47.7 Å². The molecule has 5 nitrogen and oxygen atoms in total. The van der Waals surface area contributed by atoms with Gasteiger partial charge >= 0.3 is 0 Å². The Hall–Kier alpha value is -1.62. The number of hydrogen-bond acceptors (Lipinski definition) is 3. The van der Waals surface area contributed by atoms with E-state index in [0.717, 1.165) is 24.7 Å². The molecule has 2 heterocycles. The van der Waals surface area contributed by atoms with Crippen LogP contribution < -0.4 is 5.32 Å². The van der Waals surface area contributed by atoms with Gasteiger partial charge in [0.1, 0.15) is 5.82 Å². The summed E-state index contributed by atoms with van der Waals surface area (Å²) in [5.74, 6) is 1.93.